The van der Waals surface area contributed by atoms with E-state index in [1.807, 2.05) is 6.07 Å². The zero-order valence-corrected chi connectivity index (χ0v) is 14.8. The third kappa shape index (κ3) is 5.33. The fourth-order valence-corrected chi connectivity index (χ4v) is 3.19. The molecule has 2 N–H and O–H groups in total. The van der Waals surface area contributed by atoms with Crippen LogP contribution in [0.15, 0.2) is 24.3 Å². The Kier molecular flexibility index (Phi) is 7.06. The SMILES string of the molecule is CCN(CC)Cc1ccccc1CNC(=O)C1CC(C)CCN1. The molecule has 2 rings (SSSR count). The Balaban J connectivity index is 1.93. The number of hydrogen-bond acceptors (Lipinski definition) is 3. The molecule has 1 saturated heterocycles. The molecular formula is C19H31N3O. The van der Waals surface area contributed by atoms with Crippen LogP contribution in [0, 0.1) is 5.92 Å². The molecule has 1 aliphatic heterocycles. The van der Waals surface area contributed by atoms with Crippen LogP contribution in [0.3, 0.4) is 0 Å². The molecule has 1 amide bonds. The van der Waals surface area contributed by atoms with Gasteiger partial charge in [0, 0.05) is 13.1 Å². The van der Waals surface area contributed by atoms with Crippen molar-refractivity contribution in [2.45, 2.75) is 52.7 Å². The summed E-state index contributed by atoms with van der Waals surface area (Å²) >= 11 is 0. The fraction of sp³-hybridized carbons (Fsp3) is 0.632. The van der Waals surface area contributed by atoms with E-state index in [9.17, 15) is 4.79 Å². The molecule has 0 spiro atoms. The highest BCUT2D eigenvalue weighted by Gasteiger charge is 2.24. The average molecular weight is 317 g/mol. The predicted molar refractivity (Wildman–Crippen MR) is 95.1 cm³/mol. The number of carbonyl (C=O) groups is 1. The van der Waals surface area contributed by atoms with Crippen LogP contribution < -0.4 is 10.6 Å². The molecule has 1 heterocycles. The summed E-state index contributed by atoms with van der Waals surface area (Å²) in [5.74, 6) is 0.760. The molecule has 1 aliphatic rings. The van der Waals surface area contributed by atoms with Gasteiger partial charge in [-0.25, -0.2) is 0 Å². The highest BCUT2D eigenvalue weighted by atomic mass is 16.2. The average Bonchev–Trinajstić information content (AvgIpc) is 2.58. The van der Waals surface area contributed by atoms with Crippen molar-refractivity contribution in [2.75, 3.05) is 19.6 Å². The van der Waals surface area contributed by atoms with E-state index in [1.165, 1.54) is 11.1 Å². The summed E-state index contributed by atoms with van der Waals surface area (Å²) in [6.45, 7) is 11.2. The van der Waals surface area contributed by atoms with Crippen molar-refractivity contribution in [1.29, 1.82) is 0 Å². The Morgan fingerprint density at radius 1 is 1.26 bits per heavy atom. The van der Waals surface area contributed by atoms with Gasteiger partial charge in [-0.2, -0.15) is 0 Å². The Hall–Kier alpha value is -1.39. The van der Waals surface area contributed by atoms with Crippen LogP contribution in [0.5, 0.6) is 0 Å². The molecule has 1 fully saturated rings. The Labute approximate surface area is 140 Å². The van der Waals surface area contributed by atoms with Crippen molar-refractivity contribution in [1.82, 2.24) is 15.5 Å². The number of nitrogens with one attached hydrogen (secondary N) is 2. The van der Waals surface area contributed by atoms with E-state index in [2.05, 4.69) is 54.5 Å². The van der Waals surface area contributed by atoms with Crippen molar-refractivity contribution in [3.63, 3.8) is 0 Å². The topological polar surface area (TPSA) is 44.4 Å². The van der Waals surface area contributed by atoms with Gasteiger partial charge in [-0.05, 0) is 49.5 Å². The second-order valence-electron chi connectivity index (χ2n) is 6.58. The van der Waals surface area contributed by atoms with Gasteiger partial charge in [-0.3, -0.25) is 9.69 Å². The lowest BCUT2D eigenvalue weighted by Crippen LogP contribution is -2.48. The third-order valence-corrected chi connectivity index (χ3v) is 4.84. The summed E-state index contributed by atoms with van der Waals surface area (Å²) in [6.07, 6.45) is 2.10. The molecule has 2 atom stereocenters. The largest absolute Gasteiger partial charge is 0.351 e. The van der Waals surface area contributed by atoms with Crippen LogP contribution in [0.1, 0.15) is 44.7 Å². The molecule has 1 aromatic carbocycles. The predicted octanol–water partition coefficient (Wildman–Crippen LogP) is 2.53. The lowest BCUT2D eigenvalue weighted by Gasteiger charge is -2.27. The monoisotopic (exact) mass is 317 g/mol. The summed E-state index contributed by atoms with van der Waals surface area (Å²) in [5.41, 5.74) is 2.53. The molecule has 0 radical (unpaired) electrons. The van der Waals surface area contributed by atoms with Crippen molar-refractivity contribution in [3.8, 4) is 0 Å². The molecule has 23 heavy (non-hydrogen) atoms. The zero-order chi connectivity index (χ0) is 16.7. The summed E-state index contributed by atoms with van der Waals surface area (Å²) in [5, 5.41) is 6.45. The first-order chi connectivity index (χ1) is 11.1. The summed E-state index contributed by atoms with van der Waals surface area (Å²) < 4.78 is 0. The lowest BCUT2D eigenvalue weighted by atomic mass is 9.94. The van der Waals surface area contributed by atoms with Crippen molar-refractivity contribution < 1.29 is 4.79 Å². The quantitative estimate of drug-likeness (QED) is 0.812. The van der Waals surface area contributed by atoms with Gasteiger partial charge in [0.1, 0.15) is 0 Å². The minimum Gasteiger partial charge on any atom is -0.351 e. The van der Waals surface area contributed by atoms with Crippen LogP contribution in [0.2, 0.25) is 0 Å². The second-order valence-corrected chi connectivity index (χ2v) is 6.58. The summed E-state index contributed by atoms with van der Waals surface area (Å²) in [6, 6.07) is 8.38. The number of carbonyl (C=O) groups excluding carboxylic acids is 1. The van der Waals surface area contributed by atoms with Crippen molar-refractivity contribution in [2.24, 2.45) is 5.92 Å². The molecule has 128 valence electrons. The van der Waals surface area contributed by atoms with Gasteiger partial charge in [0.05, 0.1) is 6.04 Å². The van der Waals surface area contributed by atoms with Crippen molar-refractivity contribution >= 4 is 5.91 Å². The Morgan fingerprint density at radius 3 is 2.61 bits per heavy atom. The van der Waals surface area contributed by atoms with E-state index in [-0.39, 0.29) is 11.9 Å². The summed E-state index contributed by atoms with van der Waals surface area (Å²) in [4.78, 5) is 14.8. The molecular weight excluding hydrogens is 286 g/mol. The molecule has 2 unspecified atom stereocenters. The van der Waals surface area contributed by atoms with Crippen LogP contribution in [0.4, 0.5) is 0 Å². The maximum Gasteiger partial charge on any atom is 0.237 e. The maximum atomic E-state index is 12.4. The normalized spacial score (nSPS) is 21.4. The second kappa shape index (κ2) is 9.04. The van der Waals surface area contributed by atoms with Crippen LogP contribution >= 0.6 is 0 Å². The number of hydrogen-bond donors (Lipinski definition) is 2. The highest BCUT2D eigenvalue weighted by molar-refractivity contribution is 5.81. The van der Waals surface area contributed by atoms with E-state index in [0.29, 0.717) is 12.5 Å². The van der Waals surface area contributed by atoms with E-state index in [4.69, 9.17) is 0 Å². The van der Waals surface area contributed by atoms with Gasteiger partial charge in [0.25, 0.3) is 0 Å². The summed E-state index contributed by atoms with van der Waals surface area (Å²) in [7, 11) is 0. The minimum atomic E-state index is -0.0336. The molecule has 0 bridgehead atoms. The van der Waals surface area contributed by atoms with Gasteiger partial charge in [-0.15, -0.1) is 0 Å². The molecule has 4 heteroatoms. The van der Waals surface area contributed by atoms with Gasteiger partial charge < -0.3 is 10.6 Å². The van der Waals surface area contributed by atoms with Gasteiger partial charge in [0.2, 0.25) is 5.91 Å². The first kappa shape index (κ1) is 18.0. The van der Waals surface area contributed by atoms with Gasteiger partial charge in [-0.1, -0.05) is 45.0 Å². The van der Waals surface area contributed by atoms with Gasteiger partial charge >= 0.3 is 0 Å². The Morgan fingerprint density at radius 2 is 1.96 bits per heavy atom. The van der Waals surface area contributed by atoms with E-state index < -0.39 is 0 Å². The molecule has 1 aromatic rings. The van der Waals surface area contributed by atoms with Crippen LogP contribution in [-0.4, -0.2) is 36.5 Å². The first-order valence-corrected chi connectivity index (χ1v) is 8.94. The molecule has 0 aliphatic carbocycles. The van der Waals surface area contributed by atoms with E-state index >= 15 is 0 Å². The maximum absolute atomic E-state index is 12.4. The lowest BCUT2D eigenvalue weighted by molar-refractivity contribution is -0.124. The van der Waals surface area contributed by atoms with Gasteiger partial charge in [0.15, 0.2) is 0 Å². The molecule has 0 aromatic heterocycles. The standard InChI is InChI=1S/C19H31N3O/c1-4-22(5-2)14-17-9-7-6-8-16(17)13-21-19(23)18-12-15(3)10-11-20-18/h6-9,15,18,20H,4-5,10-14H2,1-3H3,(H,21,23). The Bertz CT molecular complexity index is 499. The molecule has 4 nitrogen and oxygen atoms in total. The third-order valence-electron chi connectivity index (χ3n) is 4.84. The van der Waals surface area contributed by atoms with Crippen molar-refractivity contribution in [3.05, 3.63) is 35.4 Å². The zero-order valence-electron chi connectivity index (χ0n) is 14.8. The van der Waals surface area contributed by atoms with Crippen LogP contribution in [0.25, 0.3) is 0 Å². The number of benzene rings is 1. The fourth-order valence-electron chi connectivity index (χ4n) is 3.19. The molecule has 0 saturated carbocycles. The number of rotatable bonds is 7. The van der Waals surface area contributed by atoms with E-state index in [1.54, 1.807) is 0 Å². The minimum absolute atomic E-state index is 0.0336. The number of nitrogens with zero attached hydrogens (tertiary/aromatic N) is 1. The first-order valence-electron chi connectivity index (χ1n) is 8.94. The number of amides is 1. The van der Waals surface area contributed by atoms with E-state index in [0.717, 1.165) is 39.0 Å². The number of piperidine rings is 1. The van der Waals surface area contributed by atoms with Crippen LogP contribution in [-0.2, 0) is 17.9 Å². The highest BCUT2D eigenvalue weighted by Crippen LogP contribution is 2.16. The smallest absolute Gasteiger partial charge is 0.237 e.